The molecule has 1 aliphatic rings. The number of hydrogen-bond acceptors (Lipinski definition) is 2. The molecule has 0 spiro atoms. The van der Waals surface area contributed by atoms with E-state index >= 15 is 0 Å². The Kier molecular flexibility index (Phi) is 3.78. The van der Waals surface area contributed by atoms with Crippen molar-refractivity contribution in [1.82, 2.24) is 0 Å². The van der Waals surface area contributed by atoms with Gasteiger partial charge in [0.05, 0.1) is 0 Å². The zero-order valence-electron chi connectivity index (χ0n) is 6.81. The Morgan fingerprint density at radius 1 is 1.60 bits per heavy atom. The average Bonchev–Trinajstić information content (AvgIpc) is 2.15. The third-order valence-corrected chi connectivity index (χ3v) is 16.5. The summed E-state index contributed by atoms with van der Waals surface area (Å²) in [5, 5.41) is 0.934. The average molecular weight is 281 g/mol. The summed E-state index contributed by atoms with van der Waals surface area (Å²) in [6.07, 6.45) is 2.78. The molecule has 2 unspecified atom stereocenters. The van der Waals surface area contributed by atoms with E-state index in [0.29, 0.717) is 4.75 Å². The molecule has 0 saturated carbocycles. The first-order valence-corrected chi connectivity index (χ1v) is 12.5. The molecule has 0 amide bonds. The summed E-state index contributed by atoms with van der Waals surface area (Å²) in [6, 6.07) is 0. The molecule has 0 aromatic rings. The third kappa shape index (κ3) is 2.00. The topological polar surface area (TPSA) is 0 Å². The molecule has 0 bridgehead atoms. The van der Waals surface area contributed by atoms with Crippen LogP contribution < -0.4 is 0 Å². The van der Waals surface area contributed by atoms with Gasteiger partial charge in [-0.3, -0.25) is 0 Å². The zero-order valence-corrected chi connectivity index (χ0v) is 11.3. The van der Waals surface area contributed by atoms with Crippen molar-refractivity contribution in [1.29, 1.82) is 0 Å². The first-order chi connectivity index (χ1) is 4.69. The molecule has 0 aliphatic carbocycles. The van der Waals surface area contributed by atoms with Crippen LogP contribution in [-0.2, 0) is 0 Å². The van der Waals surface area contributed by atoms with Crippen molar-refractivity contribution in [3.05, 3.63) is 0 Å². The molecule has 10 heavy (non-hydrogen) atoms. The van der Waals surface area contributed by atoms with Crippen LogP contribution in [0.1, 0.15) is 33.6 Å². The van der Waals surface area contributed by atoms with E-state index in [1.807, 2.05) is 0 Å². The van der Waals surface area contributed by atoms with Gasteiger partial charge in [-0.1, -0.05) is 0 Å². The summed E-state index contributed by atoms with van der Waals surface area (Å²) in [4.78, 5) is 0. The second-order valence-corrected chi connectivity index (χ2v) is 13.8. The molecule has 0 aromatic carbocycles. The second-order valence-electron chi connectivity index (χ2n) is 3.01. The Labute approximate surface area is 79.4 Å². The molecular formula is C7H14S2Sn. The fraction of sp³-hybridized carbons (Fsp3) is 1.00. The summed E-state index contributed by atoms with van der Waals surface area (Å²) in [7, 11) is 4.59. The molecule has 2 atom stereocenters. The van der Waals surface area contributed by atoms with Gasteiger partial charge < -0.3 is 0 Å². The quantitative estimate of drug-likeness (QED) is 0.714. The van der Waals surface area contributed by atoms with Gasteiger partial charge in [-0.25, -0.2) is 0 Å². The van der Waals surface area contributed by atoms with Crippen LogP contribution in [0.5, 0.6) is 0 Å². The fourth-order valence-electron chi connectivity index (χ4n) is 1.15. The van der Waals surface area contributed by atoms with Gasteiger partial charge in [-0.2, -0.15) is 0 Å². The summed E-state index contributed by atoms with van der Waals surface area (Å²) in [6.45, 7) is 7.15. The van der Waals surface area contributed by atoms with Crippen LogP contribution >= 0.6 is 17.9 Å². The standard InChI is InChI=1S/C7H16S2.Sn/c1-4-5-7(3,9)6(2)8;/h6,8-9H,4-5H2,1-3H3;/q;+2/p-2. The molecule has 1 rings (SSSR count). The van der Waals surface area contributed by atoms with Crippen LogP contribution in [0.3, 0.4) is 0 Å². The van der Waals surface area contributed by atoms with Gasteiger partial charge in [0.15, 0.2) is 0 Å². The molecule has 3 heteroatoms. The van der Waals surface area contributed by atoms with Crippen LogP contribution in [0.25, 0.3) is 0 Å². The van der Waals surface area contributed by atoms with Crippen molar-refractivity contribution < 1.29 is 0 Å². The maximum atomic E-state index is 2.45. The van der Waals surface area contributed by atoms with Crippen molar-refractivity contribution in [3.8, 4) is 0 Å². The van der Waals surface area contributed by atoms with Crippen molar-refractivity contribution >= 4 is 36.3 Å². The molecular weight excluding hydrogens is 267 g/mol. The van der Waals surface area contributed by atoms with Gasteiger partial charge in [0.25, 0.3) is 0 Å². The molecule has 1 aliphatic heterocycles. The van der Waals surface area contributed by atoms with E-state index in [1.165, 1.54) is 12.8 Å². The molecule has 1 heterocycles. The first kappa shape index (κ1) is 9.59. The van der Waals surface area contributed by atoms with Gasteiger partial charge in [0.2, 0.25) is 0 Å². The maximum absolute atomic E-state index is 2.45. The Balaban J connectivity index is 2.48. The Bertz CT molecular complexity index is 118. The predicted molar refractivity (Wildman–Crippen MR) is 53.7 cm³/mol. The Hall–Kier alpha value is 1.50. The van der Waals surface area contributed by atoms with Crippen LogP contribution in [-0.4, -0.2) is 28.4 Å². The zero-order chi connectivity index (χ0) is 7.61. The van der Waals surface area contributed by atoms with E-state index in [9.17, 15) is 0 Å². The van der Waals surface area contributed by atoms with Crippen LogP contribution in [0, 0.1) is 0 Å². The monoisotopic (exact) mass is 282 g/mol. The molecule has 58 valence electrons. The van der Waals surface area contributed by atoms with Gasteiger partial charge in [0.1, 0.15) is 0 Å². The first-order valence-electron chi connectivity index (χ1n) is 3.77. The summed E-state index contributed by atoms with van der Waals surface area (Å²) >= 11 is -0.0415. The molecule has 2 radical (unpaired) electrons. The predicted octanol–water partition coefficient (Wildman–Crippen LogP) is 2.95. The van der Waals surface area contributed by atoms with Crippen molar-refractivity contribution in [2.24, 2.45) is 0 Å². The van der Waals surface area contributed by atoms with Gasteiger partial charge in [-0.05, 0) is 0 Å². The molecule has 0 nitrogen and oxygen atoms in total. The molecule has 0 aromatic heterocycles. The van der Waals surface area contributed by atoms with Crippen molar-refractivity contribution in [2.75, 3.05) is 0 Å². The minimum atomic E-state index is -0.0415. The molecule has 0 N–H and O–H groups in total. The van der Waals surface area contributed by atoms with Gasteiger partial charge in [-0.15, -0.1) is 0 Å². The second kappa shape index (κ2) is 3.94. The number of hydrogen-bond donors (Lipinski definition) is 0. The van der Waals surface area contributed by atoms with E-state index < -0.39 is 0 Å². The SMILES string of the molecule is CCCC1(C)[S][Sn][S]C1C. The van der Waals surface area contributed by atoms with Crippen LogP contribution in [0.2, 0.25) is 0 Å². The third-order valence-electron chi connectivity index (χ3n) is 2.11. The van der Waals surface area contributed by atoms with E-state index in [1.54, 1.807) is 0 Å². The van der Waals surface area contributed by atoms with Crippen LogP contribution in [0.4, 0.5) is 0 Å². The molecule has 1 fully saturated rings. The number of rotatable bonds is 2. The summed E-state index contributed by atoms with van der Waals surface area (Å²) in [5.74, 6) is 0. The van der Waals surface area contributed by atoms with Gasteiger partial charge in [0, 0.05) is 0 Å². The van der Waals surface area contributed by atoms with E-state index in [2.05, 4.69) is 38.7 Å². The Morgan fingerprint density at radius 2 is 2.30 bits per heavy atom. The Morgan fingerprint density at radius 3 is 2.70 bits per heavy atom. The van der Waals surface area contributed by atoms with Crippen molar-refractivity contribution in [3.63, 3.8) is 0 Å². The van der Waals surface area contributed by atoms with Crippen molar-refractivity contribution in [2.45, 2.75) is 43.6 Å². The summed E-state index contributed by atoms with van der Waals surface area (Å²) < 4.78 is 0.658. The van der Waals surface area contributed by atoms with E-state index in [0.717, 1.165) is 5.25 Å². The van der Waals surface area contributed by atoms with E-state index in [4.69, 9.17) is 0 Å². The van der Waals surface area contributed by atoms with E-state index in [-0.39, 0.29) is 18.4 Å². The fourth-order valence-corrected chi connectivity index (χ4v) is 19.7. The molecule has 1 saturated heterocycles. The summed E-state index contributed by atoms with van der Waals surface area (Å²) in [5.41, 5.74) is 0. The normalized spacial score (nSPS) is 40.5. The minimum absolute atomic E-state index is 0.0415. The van der Waals surface area contributed by atoms with Crippen LogP contribution in [0.15, 0.2) is 0 Å². The van der Waals surface area contributed by atoms with Gasteiger partial charge >= 0.3 is 79.9 Å².